The number of aryl methyl sites for hydroxylation is 1. The lowest BCUT2D eigenvalue weighted by Crippen LogP contribution is -2.09. The van der Waals surface area contributed by atoms with Crippen molar-refractivity contribution in [3.63, 3.8) is 0 Å². The van der Waals surface area contributed by atoms with Gasteiger partial charge in [0.15, 0.2) is 0 Å². The highest BCUT2D eigenvalue weighted by atomic mass is 15.2. The van der Waals surface area contributed by atoms with Gasteiger partial charge in [-0.15, -0.1) is 0 Å². The highest BCUT2D eigenvalue weighted by Gasteiger charge is 1.95. The zero-order valence-electron chi connectivity index (χ0n) is 8.70. The Morgan fingerprint density at radius 3 is 2.33 bits per heavy atom. The summed E-state index contributed by atoms with van der Waals surface area (Å²) in [5.74, 6) is 0. The molecule has 0 aliphatic heterocycles. The molecule has 0 atom stereocenters. The Morgan fingerprint density at radius 1 is 1.42 bits per heavy atom. The van der Waals surface area contributed by atoms with Crippen LogP contribution in [0.15, 0.2) is 12.4 Å². The van der Waals surface area contributed by atoms with Crippen LogP contribution in [0.4, 0.5) is 0 Å². The van der Waals surface area contributed by atoms with Gasteiger partial charge in [0.2, 0.25) is 0 Å². The van der Waals surface area contributed by atoms with E-state index in [-0.39, 0.29) is 0 Å². The maximum absolute atomic E-state index is 4.06. The highest BCUT2D eigenvalue weighted by Crippen LogP contribution is 1.97. The lowest BCUT2D eigenvalue weighted by atomic mass is 10.3. The molecule has 1 rings (SSSR count). The van der Waals surface area contributed by atoms with Gasteiger partial charge in [0.25, 0.3) is 0 Å². The lowest BCUT2D eigenvalue weighted by molar-refractivity contribution is 0.402. The molecule has 0 unspecified atom stereocenters. The Kier molecular flexibility index (Phi) is 5.37. The van der Waals surface area contributed by atoms with Crippen LogP contribution >= 0.6 is 0 Å². The van der Waals surface area contributed by atoms with Gasteiger partial charge in [-0.2, -0.15) is 5.10 Å². The minimum absolute atomic E-state index is 0.966. The number of nitrogens with zero attached hydrogens (tertiary/aromatic N) is 3. The zero-order valence-corrected chi connectivity index (χ0v) is 8.70. The van der Waals surface area contributed by atoms with E-state index in [1.807, 2.05) is 52.1 Å². The Bertz CT molecular complexity index is 203. The van der Waals surface area contributed by atoms with Gasteiger partial charge in [-0.05, 0) is 14.1 Å². The predicted octanol–water partition coefficient (Wildman–Crippen LogP) is 1.51. The molecule has 0 amide bonds. The van der Waals surface area contributed by atoms with Crippen molar-refractivity contribution in [2.45, 2.75) is 20.4 Å². The molecular weight excluding hydrogens is 150 g/mol. The van der Waals surface area contributed by atoms with E-state index in [1.54, 1.807) is 0 Å². The molecule has 0 aliphatic rings. The molecule has 1 aromatic heterocycles. The fraction of sp³-hybridized carbons (Fsp3) is 0.667. The highest BCUT2D eigenvalue weighted by molar-refractivity contribution is 5.02. The molecule has 1 heterocycles. The Labute approximate surface area is 75.0 Å². The van der Waals surface area contributed by atoms with Crippen LogP contribution in [-0.4, -0.2) is 28.8 Å². The van der Waals surface area contributed by atoms with Crippen LogP contribution in [-0.2, 0) is 13.6 Å². The molecule has 0 fully saturated rings. The minimum atomic E-state index is 0.966. The van der Waals surface area contributed by atoms with Gasteiger partial charge in [-0.3, -0.25) is 4.68 Å². The maximum Gasteiger partial charge on any atom is 0.0534 e. The van der Waals surface area contributed by atoms with Crippen molar-refractivity contribution in [3.05, 3.63) is 18.0 Å². The van der Waals surface area contributed by atoms with E-state index < -0.39 is 0 Å². The normalized spacial score (nSPS) is 9.50. The molecule has 0 aliphatic carbocycles. The average molecular weight is 169 g/mol. The van der Waals surface area contributed by atoms with E-state index in [0.29, 0.717) is 0 Å². The first-order valence-corrected chi connectivity index (χ1v) is 4.31. The molecule has 1 aromatic rings. The van der Waals surface area contributed by atoms with E-state index in [2.05, 4.69) is 10.00 Å². The summed E-state index contributed by atoms with van der Waals surface area (Å²) in [4.78, 5) is 2.12. The fourth-order valence-corrected chi connectivity index (χ4v) is 0.919. The van der Waals surface area contributed by atoms with Gasteiger partial charge in [0.05, 0.1) is 6.20 Å². The predicted molar refractivity (Wildman–Crippen MR) is 51.9 cm³/mol. The first kappa shape index (κ1) is 11.2. The van der Waals surface area contributed by atoms with Gasteiger partial charge in [-0.1, -0.05) is 13.8 Å². The third-order valence-electron chi connectivity index (χ3n) is 1.26. The number of aromatic nitrogens is 2. The summed E-state index contributed by atoms with van der Waals surface area (Å²) in [6.07, 6.45) is 3.92. The van der Waals surface area contributed by atoms with Crippen molar-refractivity contribution in [1.29, 1.82) is 0 Å². The van der Waals surface area contributed by atoms with Crippen LogP contribution in [0.5, 0.6) is 0 Å². The molecule has 12 heavy (non-hydrogen) atoms. The molecule has 0 spiro atoms. The smallest absolute Gasteiger partial charge is 0.0534 e. The Balaban J connectivity index is 0.000000561. The van der Waals surface area contributed by atoms with Gasteiger partial charge in [0.1, 0.15) is 0 Å². The molecule has 0 aromatic carbocycles. The summed E-state index contributed by atoms with van der Waals surface area (Å²) in [5, 5.41) is 4.06. The third-order valence-corrected chi connectivity index (χ3v) is 1.26. The molecule has 0 N–H and O–H groups in total. The minimum Gasteiger partial charge on any atom is -0.305 e. The van der Waals surface area contributed by atoms with Crippen molar-refractivity contribution >= 4 is 0 Å². The van der Waals surface area contributed by atoms with Gasteiger partial charge in [-0.25, -0.2) is 0 Å². The summed E-state index contributed by atoms with van der Waals surface area (Å²) in [7, 11) is 6.03. The molecule has 0 saturated carbocycles. The van der Waals surface area contributed by atoms with Crippen LogP contribution in [0.1, 0.15) is 19.4 Å². The maximum atomic E-state index is 4.06. The lowest BCUT2D eigenvalue weighted by Gasteiger charge is -2.05. The largest absolute Gasteiger partial charge is 0.305 e. The van der Waals surface area contributed by atoms with E-state index in [1.165, 1.54) is 5.56 Å². The molecular formula is C9H19N3. The van der Waals surface area contributed by atoms with E-state index in [0.717, 1.165) is 6.54 Å². The summed E-state index contributed by atoms with van der Waals surface area (Å²) in [5.41, 5.74) is 1.26. The van der Waals surface area contributed by atoms with Crippen LogP contribution in [0.2, 0.25) is 0 Å². The SMILES string of the molecule is CC.CN(C)Cc1cnn(C)c1. The molecule has 0 bridgehead atoms. The average Bonchev–Trinajstić information content (AvgIpc) is 2.39. The second-order valence-electron chi connectivity index (χ2n) is 2.76. The van der Waals surface area contributed by atoms with Crippen molar-refractivity contribution in [3.8, 4) is 0 Å². The van der Waals surface area contributed by atoms with Crippen molar-refractivity contribution in [2.75, 3.05) is 14.1 Å². The molecule has 0 saturated heterocycles. The van der Waals surface area contributed by atoms with Crippen molar-refractivity contribution < 1.29 is 0 Å². The molecule has 0 radical (unpaired) electrons. The Morgan fingerprint density at radius 2 is 2.00 bits per heavy atom. The van der Waals surface area contributed by atoms with Crippen LogP contribution in [0.25, 0.3) is 0 Å². The van der Waals surface area contributed by atoms with Crippen molar-refractivity contribution in [1.82, 2.24) is 14.7 Å². The quantitative estimate of drug-likeness (QED) is 0.669. The summed E-state index contributed by atoms with van der Waals surface area (Å²) < 4.78 is 1.82. The standard InChI is InChI=1S/C7H13N3.C2H6/c1-9(2)5-7-4-8-10(3)6-7;1-2/h4,6H,5H2,1-3H3;1-2H3. The number of hydrogen-bond donors (Lipinski definition) is 0. The summed E-state index contributed by atoms with van der Waals surface area (Å²) >= 11 is 0. The second-order valence-corrected chi connectivity index (χ2v) is 2.76. The van der Waals surface area contributed by atoms with Gasteiger partial charge in [0, 0.05) is 25.4 Å². The Hall–Kier alpha value is -0.830. The topological polar surface area (TPSA) is 21.1 Å². The second kappa shape index (κ2) is 5.77. The van der Waals surface area contributed by atoms with E-state index >= 15 is 0 Å². The first-order valence-electron chi connectivity index (χ1n) is 4.31. The summed E-state index contributed by atoms with van der Waals surface area (Å²) in [6.45, 7) is 4.97. The molecule has 3 nitrogen and oxygen atoms in total. The zero-order chi connectivity index (χ0) is 9.56. The third kappa shape index (κ3) is 4.13. The van der Waals surface area contributed by atoms with Crippen molar-refractivity contribution in [2.24, 2.45) is 7.05 Å². The molecule has 70 valence electrons. The van der Waals surface area contributed by atoms with Crippen LogP contribution < -0.4 is 0 Å². The number of hydrogen-bond acceptors (Lipinski definition) is 2. The molecule has 3 heteroatoms. The van der Waals surface area contributed by atoms with Gasteiger partial charge >= 0.3 is 0 Å². The van der Waals surface area contributed by atoms with E-state index in [9.17, 15) is 0 Å². The van der Waals surface area contributed by atoms with E-state index in [4.69, 9.17) is 0 Å². The van der Waals surface area contributed by atoms with Crippen LogP contribution in [0.3, 0.4) is 0 Å². The number of rotatable bonds is 2. The summed E-state index contributed by atoms with van der Waals surface area (Å²) in [6, 6.07) is 0. The van der Waals surface area contributed by atoms with Crippen LogP contribution in [0, 0.1) is 0 Å². The monoisotopic (exact) mass is 169 g/mol. The fourth-order valence-electron chi connectivity index (χ4n) is 0.919. The van der Waals surface area contributed by atoms with Gasteiger partial charge < -0.3 is 4.90 Å². The first-order chi connectivity index (χ1) is 5.68.